The van der Waals surface area contributed by atoms with E-state index in [1.165, 1.54) is 11.1 Å². The number of carbonyl (C=O) groups is 1. The fraction of sp³-hybridized carbons (Fsp3) is 0.214. The van der Waals surface area contributed by atoms with Gasteiger partial charge in [-0.25, -0.2) is 4.98 Å². The van der Waals surface area contributed by atoms with Gasteiger partial charge in [0.2, 0.25) is 0 Å². The van der Waals surface area contributed by atoms with Crippen LogP contribution in [-0.4, -0.2) is 15.8 Å². The van der Waals surface area contributed by atoms with Crippen LogP contribution in [0.4, 0.5) is 0 Å². The van der Waals surface area contributed by atoms with Crippen LogP contribution in [0.2, 0.25) is 5.15 Å². The molecule has 0 aliphatic heterocycles. The van der Waals surface area contributed by atoms with Crippen molar-refractivity contribution in [1.82, 2.24) is 9.88 Å². The number of aromatic nitrogens is 1. The van der Waals surface area contributed by atoms with Gasteiger partial charge in [-0.3, -0.25) is 4.79 Å². The van der Waals surface area contributed by atoms with Crippen molar-refractivity contribution in [2.75, 3.05) is 0 Å². The van der Waals surface area contributed by atoms with Crippen molar-refractivity contribution < 1.29 is 4.79 Å². The van der Waals surface area contributed by atoms with E-state index in [4.69, 9.17) is 11.6 Å². The number of pyridine rings is 1. The zero-order valence-electron chi connectivity index (χ0n) is 18.9. The Hall–Kier alpha value is -3.17. The van der Waals surface area contributed by atoms with E-state index in [1.807, 2.05) is 43.0 Å². The lowest BCUT2D eigenvalue weighted by Crippen LogP contribution is -2.31. The summed E-state index contributed by atoms with van der Waals surface area (Å²) in [4.78, 5) is 20.1. The first-order valence-corrected chi connectivity index (χ1v) is 11.2. The molecule has 32 heavy (non-hydrogen) atoms. The summed E-state index contributed by atoms with van der Waals surface area (Å²) in [5, 5.41) is 1.48. The molecule has 0 spiro atoms. The molecule has 1 aromatic heterocycles. The number of rotatable bonds is 5. The molecule has 0 saturated carbocycles. The quantitative estimate of drug-likeness (QED) is 0.313. The van der Waals surface area contributed by atoms with Crippen molar-refractivity contribution in [3.05, 3.63) is 111 Å². The zero-order valence-corrected chi connectivity index (χ0v) is 19.7. The first-order valence-electron chi connectivity index (χ1n) is 10.8. The average Bonchev–Trinajstić information content (AvgIpc) is 2.75. The average molecular weight is 443 g/mol. The highest BCUT2D eigenvalue weighted by atomic mass is 35.5. The summed E-state index contributed by atoms with van der Waals surface area (Å²) in [5.41, 5.74) is 7.96. The highest BCUT2D eigenvalue weighted by Gasteiger charge is 2.20. The molecule has 1 amide bonds. The number of aryl methyl sites for hydroxylation is 4. The fourth-order valence-corrected chi connectivity index (χ4v) is 4.28. The topological polar surface area (TPSA) is 33.2 Å². The third-order valence-electron chi connectivity index (χ3n) is 5.80. The highest BCUT2D eigenvalue weighted by Crippen LogP contribution is 2.26. The number of amides is 1. The first-order chi connectivity index (χ1) is 15.3. The molecular weight excluding hydrogens is 416 g/mol. The van der Waals surface area contributed by atoms with Gasteiger partial charge in [0.15, 0.2) is 0 Å². The summed E-state index contributed by atoms with van der Waals surface area (Å²) in [6, 6.07) is 22.3. The van der Waals surface area contributed by atoms with Gasteiger partial charge in [-0.1, -0.05) is 71.3 Å². The van der Waals surface area contributed by atoms with Crippen LogP contribution in [0.3, 0.4) is 0 Å². The molecule has 0 aliphatic rings. The smallest absolute Gasteiger partial charge is 0.254 e. The standard InChI is InChI=1S/C28H27ClN2O/c1-18-9-11-22(12-10-18)16-31(28(32)25-8-6-5-7-20(25)3)17-24-15-23-14-19(2)13-21(4)26(23)30-27(24)29/h5-15H,16-17H2,1-4H3. The predicted molar refractivity (Wildman–Crippen MR) is 132 cm³/mol. The Labute approximate surface area is 194 Å². The molecule has 162 valence electrons. The van der Waals surface area contributed by atoms with Gasteiger partial charge in [-0.15, -0.1) is 0 Å². The molecule has 0 unspecified atom stereocenters. The largest absolute Gasteiger partial charge is 0.330 e. The Morgan fingerprint density at radius 1 is 0.844 bits per heavy atom. The minimum atomic E-state index is -0.0136. The molecule has 0 saturated heterocycles. The second-order valence-electron chi connectivity index (χ2n) is 8.55. The SMILES string of the molecule is Cc1ccc(CN(Cc2cc3cc(C)cc(C)c3nc2Cl)C(=O)c2ccccc2C)cc1. The fourth-order valence-electron chi connectivity index (χ4n) is 4.09. The molecule has 4 heteroatoms. The third kappa shape index (κ3) is 4.68. The van der Waals surface area contributed by atoms with E-state index < -0.39 is 0 Å². The Balaban J connectivity index is 1.74. The second-order valence-corrected chi connectivity index (χ2v) is 8.91. The lowest BCUT2D eigenvalue weighted by atomic mass is 10.0. The lowest BCUT2D eigenvalue weighted by Gasteiger charge is -2.24. The van der Waals surface area contributed by atoms with Crippen LogP contribution in [-0.2, 0) is 13.1 Å². The number of nitrogens with zero attached hydrogens (tertiary/aromatic N) is 2. The van der Waals surface area contributed by atoms with Gasteiger partial charge < -0.3 is 4.90 Å². The molecule has 0 bridgehead atoms. The molecule has 0 radical (unpaired) electrons. The van der Waals surface area contributed by atoms with Gasteiger partial charge in [0.1, 0.15) is 5.15 Å². The second kappa shape index (κ2) is 9.13. The molecule has 0 fully saturated rings. The number of hydrogen-bond acceptors (Lipinski definition) is 2. The van der Waals surface area contributed by atoms with Crippen molar-refractivity contribution >= 4 is 28.4 Å². The van der Waals surface area contributed by atoms with Gasteiger partial charge in [-0.2, -0.15) is 0 Å². The van der Waals surface area contributed by atoms with E-state index in [9.17, 15) is 4.79 Å². The summed E-state index contributed by atoms with van der Waals surface area (Å²) < 4.78 is 0. The Morgan fingerprint density at radius 2 is 1.56 bits per heavy atom. The normalized spacial score (nSPS) is 11.0. The number of halogens is 1. The van der Waals surface area contributed by atoms with Gasteiger partial charge in [0.05, 0.1) is 5.52 Å². The molecule has 4 aromatic rings. The van der Waals surface area contributed by atoms with E-state index >= 15 is 0 Å². The van der Waals surface area contributed by atoms with Crippen molar-refractivity contribution in [2.24, 2.45) is 0 Å². The third-order valence-corrected chi connectivity index (χ3v) is 6.12. The minimum absolute atomic E-state index is 0.0136. The maximum atomic E-state index is 13.6. The van der Waals surface area contributed by atoms with Gasteiger partial charge in [0.25, 0.3) is 5.91 Å². The predicted octanol–water partition coefficient (Wildman–Crippen LogP) is 6.96. The first kappa shape index (κ1) is 22.0. The summed E-state index contributed by atoms with van der Waals surface area (Å²) in [6.45, 7) is 9.03. The van der Waals surface area contributed by atoms with E-state index in [1.54, 1.807) is 0 Å². The van der Waals surface area contributed by atoms with Crippen LogP contribution in [0.1, 0.15) is 43.7 Å². The number of fused-ring (bicyclic) bond motifs is 1. The van der Waals surface area contributed by atoms with E-state index in [0.29, 0.717) is 23.8 Å². The molecule has 0 atom stereocenters. The van der Waals surface area contributed by atoms with E-state index in [2.05, 4.69) is 61.3 Å². The monoisotopic (exact) mass is 442 g/mol. The Kier molecular flexibility index (Phi) is 6.29. The Morgan fingerprint density at radius 3 is 2.28 bits per heavy atom. The maximum absolute atomic E-state index is 13.6. The van der Waals surface area contributed by atoms with Crippen LogP contribution in [0.5, 0.6) is 0 Å². The highest BCUT2D eigenvalue weighted by molar-refractivity contribution is 6.30. The summed E-state index contributed by atoms with van der Waals surface area (Å²) in [6.07, 6.45) is 0. The zero-order chi connectivity index (χ0) is 22.8. The minimum Gasteiger partial charge on any atom is -0.330 e. The Bertz CT molecular complexity index is 1300. The summed E-state index contributed by atoms with van der Waals surface area (Å²) in [5.74, 6) is -0.0136. The molecule has 0 N–H and O–H groups in total. The van der Waals surface area contributed by atoms with Crippen LogP contribution in [0, 0.1) is 27.7 Å². The molecular formula is C28H27ClN2O. The van der Waals surface area contributed by atoms with Crippen molar-refractivity contribution in [2.45, 2.75) is 40.8 Å². The maximum Gasteiger partial charge on any atom is 0.254 e. The van der Waals surface area contributed by atoms with E-state index in [0.717, 1.165) is 33.2 Å². The van der Waals surface area contributed by atoms with Crippen molar-refractivity contribution in [3.63, 3.8) is 0 Å². The van der Waals surface area contributed by atoms with Crippen molar-refractivity contribution in [1.29, 1.82) is 0 Å². The molecule has 1 heterocycles. The van der Waals surface area contributed by atoms with Gasteiger partial charge in [0, 0.05) is 29.6 Å². The van der Waals surface area contributed by atoms with Crippen LogP contribution >= 0.6 is 11.6 Å². The van der Waals surface area contributed by atoms with Gasteiger partial charge in [-0.05, 0) is 62.6 Å². The number of benzene rings is 3. The molecule has 0 aliphatic carbocycles. The summed E-state index contributed by atoms with van der Waals surface area (Å²) >= 11 is 6.62. The van der Waals surface area contributed by atoms with Crippen LogP contribution < -0.4 is 0 Å². The molecule has 3 nitrogen and oxygen atoms in total. The van der Waals surface area contributed by atoms with Crippen LogP contribution in [0.25, 0.3) is 10.9 Å². The molecule has 3 aromatic carbocycles. The van der Waals surface area contributed by atoms with Crippen molar-refractivity contribution in [3.8, 4) is 0 Å². The summed E-state index contributed by atoms with van der Waals surface area (Å²) in [7, 11) is 0. The number of hydrogen-bond donors (Lipinski definition) is 0. The van der Waals surface area contributed by atoms with Gasteiger partial charge >= 0.3 is 0 Å². The molecule has 4 rings (SSSR count). The van der Waals surface area contributed by atoms with Crippen LogP contribution in [0.15, 0.2) is 66.7 Å². The number of carbonyl (C=O) groups excluding carboxylic acids is 1. The lowest BCUT2D eigenvalue weighted by molar-refractivity contribution is 0.0729. The van der Waals surface area contributed by atoms with E-state index in [-0.39, 0.29) is 5.91 Å².